The molecule has 1 saturated heterocycles. The Kier molecular flexibility index (Phi) is 5.19. The van der Waals surface area contributed by atoms with Crippen molar-refractivity contribution in [3.05, 3.63) is 0 Å². The predicted molar refractivity (Wildman–Crippen MR) is 54.8 cm³/mol. The largest absolute Gasteiger partial charge is 0.380 e. The van der Waals surface area contributed by atoms with Gasteiger partial charge in [0.1, 0.15) is 0 Å². The number of halogens is 1. The number of hydrogen-bond acceptors (Lipinski definition) is 2. The summed E-state index contributed by atoms with van der Waals surface area (Å²) in [5, 5.41) is 1.11. The SMILES string of the molecule is CC1COCCN(CCCBr)C1. The summed E-state index contributed by atoms with van der Waals surface area (Å²) in [7, 11) is 0. The summed E-state index contributed by atoms with van der Waals surface area (Å²) in [5.74, 6) is 0.697. The molecule has 1 unspecified atom stereocenters. The second-order valence-electron chi connectivity index (χ2n) is 3.52. The number of alkyl halides is 1. The zero-order chi connectivity index (χ0) is 8.81. The van der Waals surface area contributed by atoms with Gasteiger partial charge in [0.2, 0.25) is 0 Å². The van der Waals surface area contributed by atoms with Crippen LogP contribution in [-0.4, -0.2) is 43.1 Å². The Balaban J connectivity index is 2.21. The molecule has 72 valence electrons. The summed E-state index contributed by atoms with van der Waals surface area (Å²) in [6, 6.07) is 0. The highest BCUT2D eigenvalue weighted by Gasteiger charge is 2.13. The maximum atomic E-state index is 5.46. The predicted octanol–water partition coefficient (Wildman–Crippen LogP) is 1.74. The van der Waals surface area contributed by atoms with Crippen LogP contribution in [0.15, 0.2) is 0 Å². The topological polar surface area (TPSA) is 12.5 Å². The van der Waals surface area contributed by atoms with Crippen LogP contribution in [-0.2, 0) is 4.74 Å². The van der Waals surface area contributed by atoms with Crippen molar-refractivity contribution < 1.29 is 4.74 Å². The van der Waals surface area contributed by atoms with Gasteiger partial charge in [-0.1, -0.05) is 22.9 Å². The molecule has 0 aliphatic carbocycles. The molecule has 0 bridgehead atoms. The highest BCUT2D eigenvalue weighted by atomic mass is 79.9. The average molecular weight is 236 g/mol. The molecular weight excluding hydrogens is 218 g/mol. The minimum absolute atomic E-state index is 0.697. The van der Waals surface area contributed by atoms with Gasteiger partial charge in [0.25, 0.3) is 0 Å². The summed E-state index contributed by atoms with van der Waals surface area (Å²) in [4.78, 5) is 2.50. The molecule has 0 aromatic rings. The Morgan fingerprint density at radius 1 is 1.58 bits per heavy atom. The molecule has 0 spiro atoms. The van der Waals surface area contributed by atoms with Gasteiger partial charge < -0.3 is 9.64 Å². The zero-order valence-electron chi connectivity index (χ0n) is 7.76. The third kappa shape index (κ3) is 3.87. The maximum absolute atomic E-state index is 5.46. The van der Waals surface area contributed by atoms with Gasteiger partial charge in [-0.05, 0) is 18.9 Å². The van der Waals surface area contributed by atoms with Crippen LogP contribution >= 0.6 is 15.9 Å². The van der Waals surface area contributed by atoms with Crippen LogP contribution in [0.3, 0.4) is 0 Å². The van der Waals surface area contributed by atoms with Gasteiger partial charge in [-0.25, -0.2) is 0 Å². The molecule has 0 aromatic carbocycles. The van der Waals surface area contributed by atoms with Crippen LogP contribution < -0.4 is 0 Å². The normalized spacial score (nSPS) is 27.0. The van der Waals surface area contributed by atoms with Crippen LogP contribution in [0, 0.1) is 5.92 Å². The number of hydrogen-bond donors (Lipinski definition) is 0. The van der Waals surface area contributed by atoms with Gasteiger partial charge in [-0.15, -0.1) is 0 Å². The Hall–Kier alpha value is 0.400. The van der Waals surface area contributed by atoms with Crippen molar-refractivity contribution in [1.82, 2.24) is 4.90 Å². The van der Waals surface area contributed by atoms with E-state index in [1.54, 1.807) is 0 Å². The Bertz CT molecular complexity index is 121. The molecule has 0 amide bonds. The molecule has 1 aliphatic heterocycles. The summed E-state index contributed by atoms with van der Waals surface area (Å²) in [6.07, 6.45) is 1.24. The van der Waals surface area contributed by atoms with Gasteiger partial charge in [0.05, 0.1) is 13.2 Å². The zero-order valence-corrected chi connectivity index (χ0v) is 9.35. The van der Waals surface area contributed by atoms with Crippen molar-refractivity contribution >= 4 is 15.9 Å². The lowest BCUT2D eigenvalue weighted by molar-refractivity contribution is 0.126. The molecule has 1 heterocycles. The van der Waals surface area contributed by atoms with Crippen molar-refractivity contribution in [3.8, 4) is 0 Å². The van der Waals surface area contributed by atoms with Crippen molar-refractivity contribution in [3.63, 3.8) is 0 Å². The van der Waals surface area contributed by atoms with Gasteiger partial charge in [-0.2, -0.15) is 0 Å². The van der Waals surface area contributed by atoms with E-state index in [0.29, 0.717) is 5.92 Å². The second kappa shape index (κ2) is 5.95. The first-order chi connectivity index (χ1) is 5.83. The first-order valence-corrected chi connectivity index (χ1v) is 5.81. The summed E-state index contributed by atoms with van der Waals surface area (Å²) >= 11 is 3.45. The first kappa shape index (κ1) is 10.5. The standard InChI is InChI=1S/C9H18BrNO/c1-9-7-11(4-2-3-10)5-6-12-8-9/h9H,2-8H2,1H3. The third-order valence-corrected chi connectivity index (χ3v) is 2.69. The van der Waals surface area contributed by atoms with E-state index in [0.717, 1.165) is 25.1 Å². The minimum Gasteiger partial charge on any atom is -0.380 e. The molecule has 0 aromatic heterocycles. The lowest BCUT2D eigenvalue weighted by Gasteiger charge is -2.20. The monoisotopic (exact) mass is 235 g/mol. The van der Waals surface area contributed by atoms with E-state index in [-0.39, 0.29) is 0 Å². The molecule has 1 rings (SSSR count). The minimum atomic E-state index is 0.697. The molecule has 0 N–H and O–H groups in total. The molecule has 1 fully saturated rings. The molecule has 12 heavy (non-hydrogen) atoms. The molecular formula is C9H18BrNO. The van der Waals surface area contributed by atoms with Crippen LogP contribution in [0.25, 0.3) is 0 Å². The molecule has 0 radical (unpaired) electrons. The maximum Gasteiger partial charge on any atom is 0.0593 e. The Labute approximate surface area is 83.4 Å². The lowest BCUT2D eigenvalue weighted by atomic mass is 10.2. The van der Waals surface area contributed by atoms with E-state index in [1.807, 2.05) is 0 Å². The van der Waals surface area contributed by atoms with Gasteiger partial charge in [0, 0.05) is 18.4 Å². The fraction of sp³-hybridized carbons (Fsp3) is 1.00. The van der Waals surface area contributed by atoms with E-state index in [2.05, 4.69) is 27.8 Å². The molecule has 1 atom stereocenters. The van der Waals surface area contributed by atoms with Crippen molar-refractivity contribution in [2.45, 2.75) is 13.3 Å². The highest BCUT2D eigenvalue weighted by Crippen LogP contribution is 2.06. The number of nitrogens with zero attached hydrogens (tertiary/aromatic N) is 1. The molecule has 3 heteroatoms. The summed E-state index contributed by atoms with van der Waals surface area (Å²) in [6.45, 7) is 7.62. The lowest BCUT2D eigenvalue weighted by Crippen LogP contribution is -2.30. The van der Waals surface area contributed by atoms with Crippen LogP contribution in [0.1, 0.15) is 13.3 Å². The number of rotatable bonds is 3. The second-order valence-corrected chi connectivity index (χ2v) is 4.32. The Morgan fingerprint density at radius 2 is 2.42 bits per heavy atom. The van der Waals surface area contributed by atoms with E-state index in [1.165, 1.54) is 19.5 Å². The number of ether oxygens (including phenoxy) is 1. The van der Waals surface area contributed by atoms with E-state index in [4.69, 9.17) is 4.74 Å². The average Bonchev–Trinajstić information content (AvgIpc) is 2.26. The van der Waals surface area contributed by atoms with Crippen LogP contribution in [0.2, 0.25) is 0 Å². The van der Waals surface area contributed by atoms with Crippen LogP contribution in [0.4, 0.5) is 0 Å². The smallest absolute Gasteiger partial charge is 0.0593 e. The summed E-state index contributed by atoms with van der Waals surface area (Å²) in [5.41, 5.74) is 0. The van der Waals surface area contributed by atoms with Crippen molar-refractivity contribution in [2.75, 3.05) is 38.2 Å². The fourth-order valence-electron chi connectivity index (χ4n) is 1.55. The fourth-order valence-corrected chi connectivity index (χ4v) is 1.80. The third-order valence-electron chi connectivity index (χ3n) is 2.13. The Morgan fingerprint density at radius 3 is 3.17 bits per heavy atom. The first-order valence-electron chi connectivity index (χ1n) is 4.69. The van der Waals surface area contributed by atoms with Crippen LogP contribution in [0.5, 0.6) is 0 Å². The molecule has 2 nitrogen and oxygen atoms in total. The molecule has 0 saturated carbocycles. The van der Waals surface area contributed by atoms with Gasteiger partial charge in [-0.3, -0.25) is 0 Å². The van der Waals surface area contributed by atoms with E-state index < -0.39 is 0 Å². The summed E-state index contributed by atoms with van der Waals surface area (Å²) < 4.78 is 5.46. The van der Waals surface area contributed by atoms with Gasteiger partial charge in [0.15, 0.2) is 0 Å². The van der Waals surface area contributed by atoms with Crippen molar-refractivity contribution in [2.24, 2.45) is 5.92 Å². The van der Waals surface area contributed by atoms with E-state index >= 15 is 0 Å². The van der Waals surface area contributed by atoms with Gasteiger partial charge >= 0.3 is 0 Å². The highest BCUT2D eigenvalue weighted by molar-refractivity contribution is 9.09. The van der Waals surface area contributed by atoms with Crippen molar-refractivity contribution in [1.29, 1.82) is 0 Å². The quantitative estimate of drug-likeness (QED) is 0.692. The molecule has 1 aliphatic rings. The van der Waals surface area contributed by atoms with E-state index in [9.17, 15) is 0 Å².